The summed E-state index contributed by atoms with van der Waals surface area (Å²) in [4.78, 5) is 151. The van der Waals surface area contributed by atoms with Gasteiger partial charge in [-0.15, -0.1) is 0 Å². The van der Waals surface area contributed by atoms with Crippen LogP contribution < -0.4 is 65.1 Å². The lowest BCUT2D eigenvalue weighted by Crippen LogP contribution is -2.60. The number of aromatic hydroxyl groups is 1. The number of rotatable bonds is 46. The zero-order valence-electron chi connectivity index (χ0n) is 52.6. The first-order valence-corrected chi connectivity index (χ1v) is 31.6. The minimum absolute atomic E-state index is 0.0141. The molecule has 27 heteroatoms. The number of aliphatic carboxylic acids is 1. The number of carbonyl (C=O) groups excluding carboxylic acids is 10. The van der Waals surface area contributed by atoms with Crippen LogP contribution in [0.25, 0.3) is 10.9 Å². The normalized spacial score (nSPS) is 14.2. The predicted molar refractivity (Wildman–Crippen MR) is 338 cm³/mol. The van der Waals surface area contributed by atoms with Crippen molar-refractivity contribution >= 4 is 75.9 Å². The Morgan fingerprint density at radius 1 is 0.522 bits per heavy atom. The number of hydrogen-bond donors (Lipinski definition) is 16. The number of carboxylic acid groups (broad SMARTS) is 1. The van der Waals surface area contributed by atoms with Crippen LogP contribution in [-0.4, -0.2) is 160 Å². The number of nitrogens with one attached hydrogen (secondary N) is 10. The third kappa shape index (κ3) is 29.0. The van der Waals surface area contributed by atoms with E-state index in [0.29, 0.717) is 37.7 Å². The van der Waals surface area contributed by atoms with E-state index in [2.05, 4.69) is 59.8 Å². The molecule has 90 heavy (non-hydrogen) atoms. The highest BCUT2D eigenvalue weighted by Crippen LogP contribution is 2.20. The highest BCUT2D eigenvalue weighted by molar-refractivity contribution is 5.99. The van der Waals surface area contributed by atoms with E-state index in [9.17, 15) is 68.1 Å². The van der Waals surface area contributed by atoms with Gasteiger partial charge in [-0.25, -0.2) is 0 Å². The molecular weight excluding hydrogens is 1160 g/mol. The maximum Gasteiger partial charge on any atom is 0.325 e. The molecule has 500 valence electrons. The Morgan fingerprint density at radius 2 is 1.04 bits per heavy atom. The molecule has 27 nitrogen and oxygen atoms in total. The minimum atomic E-state index is -1.72. The van der Waals surface area contributed by atoms with Gasteiger partial charge in [0.2, 0.25) is 59.1 Å². The number of H-pyrrole nitrogens is 1. The number of carboxylic acids is 1. The van der Waals surface area contributed by atoms with Crippen LogP contribution in [-0.2, 0) is 65.6 Å². The Hall–Kier alpha value is -8.17. The molecule has 0 aliphatic heterocycles. The van der Waals surface area contributed by atoms with Gasteiger partial charge < -0.3 is 85.4 Å². The number of phenols is 1. The number of carbonyl (C=O) groups is 11. The van der Waals surface area contributed by atoms with E-state index in [4.69, 9.17) is 17.2 Å². The van der Waals surface area contributed by atoms with E-state index in [1.807, 2.05) is 24.3 Å². The fraction of sp³-hybridized carbons (Fsp3) is 0.603. The van der Waals surface area contributed by atoms with Gasteiger partial charge in [-0.2, -0.15) is 0 Å². The summed E-state index contributed by atoms with van der Waals surface area (Å²) in [6.45, 7) is 6.05. The minimum Gasteiger partial charge on any atom is -0.508 e. The van der Waals surface area contributed by atoms with Gasteiger partial charge in [0.05, 0.1) is 32.0 Å². The predicted octanol–water partition coefficient (Wildman–Crippen LogP) is 1.24. The smallest absolute Gasteiger partial charge is 0.325 e. The molecule has 10 amide bonds. The van der Waals surface area contributed by atoms with Crippen LogP contribution in [0.3, 0.4) is 0 Å². The second-order valence-electron chi connectivity index (χ2n) is 23.0. The number of hydrogen-bond acceptors (Lipinski definition) is 15. The molecule has 2 aromatic carbocycles. The van der Waals surface area contributed by atoms with Gasteiger partial charge in [0.25, 0.3) is 0 Å². The molecule has 1 aromatic heterocycles. The molecule has 3 aromatic rings. The molecule has 0 saturated carbocycles. The number of primary amides is 1. The van der Waals surface area contributed by atoms with E-state index >= 15 is 0 Å². The zero-order valence-corrected chi connectivity index (χ0v) is 52.6. The van der Waals surface area contributed by atoms with E-state index in [-0.39, 0.29) is 57.4 Å². The number of aliphatic hydroxyl groups is 1. The van der Waals surface area contributed by atoms with Crippen LogP contribution in [0.1, 0.15) is 161 Å². The largest absolute Gasteiger partial charge is 0.508 e. The van der Waals surface area contributed by atoms with E-state index in [0.717, 1.165) is 42.1 Å². The summed E-state index contributed by atoms with van der Waals surface area (Å²) in [5.41, 5.74) is 19.0. The molecule has 0 spiro atoms. The van der Waals surface area contributed by atoms with Crippen LogP contribution in [0, 0.1) is 5.92 Å². The number of aromatic nitrogens is 1. The van der Waals surface area contributed by atoms with Crippen LogP contribution in [0.15, 0.2) is 54.7 Å². The van der Waals surface area contributed by atoms with Crippen LogP contribution in [0.4, 0.5) is 0 Å². The van der Waals surface area contributed by atoms with E-state index in [1.54, 1.807) is 20.0 Å². The third-order valence-corrected chi connectivity index (χ3v) is 15.4. The van der Waals surface area contributed by atoms with Crippen molar-refractivity contribution in [3.63, 3.8) is 0 Å². The Kier molecular flexibility index (Phi) is 35.4. The Labute approximate surface area is 526 Å². The Bertz CT molecular complexity index is 2780. The summed E-state index contributed by atoms with van der Waals surface area (Å²) in [6, 6.07) is 3.30. The number of para-hydroxylation sites is 1. The van der Waals surface area contributed by atoms with Gasteiger partial charge in [0.1, 0.15) is 48.0 Å². The fourth-order valence-electron chi connectivity index (χ4n) is 9.91. The molecule has 0 saturated heterocycles. The molecule has 19 N–H and O–H groups in total. The molecule has 0 aliphatic rings. The second kappa shape index (κ2) is 41.9. The van der Waals surface area contributed by atoms with Gasteiger partial charge in [-0.1, -0.05) is 115 Å². The molecule has 0 fully saturated rings. The molecule has 0 bridgehead atoms. The molecule has 1 unspecified atom stereocenters. The van der Waals surface area contributed by atoms with Crippen LogP contribution in [0.2, 0.25) is 0 Å². The lowest BCUT2D eigenvalue weighted by Gasteiger charge is -2.28. The van der Waals surface area contributed by atoms with Crippen molar-refractivity contribution in [3.05, 3.63) is 65.9 Å². The summed E-state index contributed by atoms with van der Waals surface area (Å²) >= 11 is 0. The standard InChI is InChI=1S/C63H99N13O14/c1-5-7-8-9-10-11-12-13-14-21-44(78)34-53(80)71-50(33-42-36-67-46-23-16-15-22-45(42)46)57(83)69-37-54(81)68-38-55(82)76-56(39(3)6-2)62(88)73-48(25-18-20-31-65)58(84)72-47(24-17-19-30-64)59(85)75-51(35-52(66)79)61(87)74-49(60(86)70-40(4)63(89)90)32-41-26-28-43(77)29-27-41/h15-16,22-23,26-29,36,39-40,44,47-51,56,67,77-78H,5-14,17-21,24-25,30-35,37-38,64-65H2,1-4H3,(H2,66,79)(H,68,81)(H,69,83)(H,70,86)(H,71,80)(H,72,84)(H,73,88)(H,74,87)(H,75,85)(H,76,82)(H,89,90)/t39-,40-,44?,47-,48-,49-,50-,51-,56-/m0/s1. The highest BCUT2D eigenvalue weighted by Gasteiger charge is 2.35. The maximum absolute atomic E-state index is 14.3. The first-order chi connectivity index (χ1) is 43.0. The lowest BCUT2D eigenvalue weighted by molar-refractivity contribution is -0.142. The van der Waals surface area contributed by atoms with Crippen molar-refractivity contribution in [2.24, 2.45) is 23.1 Å². The van der Waals surface area contributed by atoms with Gasteiger partial charge in [-0.05, 0) is 100 Å². The third-order valence-electron chi connectivity index (χ3n) is 15.4. The van der Waals surface area contributed by atoms with E-state index in [1.165, 1.54) is 63.3 Å². The zero-order chi connectivity index (χ0) is 66.5. The Balaban J connectivity index is 1.71. The highest BCUT2D eigenvalue weighted by atomic mass is 16.4. The van der Waals surface area contributed by atoms with Gasteiger partial charge in [-0.3, -0.25) is 52.7 Å². The van der Waals surface area contributed by atoms with Gasteiger partial charge in [0, 0.05) is 29.9 Å². The lowest BCUT2D eigenvalue weighted by atomic mass is 9.97. The van der Waals surface area contributed by atoms with Crippen molar-refractivity contribution in [2.45, 2.75) is 211 Å². The van der Waals surface area contributed by atoms with Crippen molar-refractivity contribution in [2.75, 3.05) is 26.2 Å². The molecule has 3 rings (SSSR count). The summed E-state index contributed by atoms with van der Waals surface area (Å²) < 4.78 is 0. The number of benzene rings is 2. The number of amides is 10. The van der Waals surface area contributed by atoms with Crippen molar-refractivity contribution < 1.29 is 68.1 Å². The monoisotopic (exact) mass is 1260 g/mol. The summed E-state index contributed by atoms with van der Waals surface area (Å²) in [5, 5.41) is 53.7. The maximum atomic E-state index is 14.3. The van der Waals surface area contributed by atoms with Crippen molar-refractivity contribution in [3.8, 4) is 5.75 Å². The molecule has 0 aliphatic carbocycles. The molecule has 1 heterocycles. The summed E-state index contributed by atoms with van der Waals surface area (Å²) in [6.07, 6.45) is 11.8. The SMILES string of the molecule is CCCCCCCCCCCC(O)CC(=O)N[C@@H](Cc1c[nH]c2ccccc12)C(=O)NCC(=O)NCC(=O)N[C@H](C(=O)N[C@@H](CCCCN)C(=O)N[C@@H](CCCCN)C(=O)N[C@@H](CC(N)=O)C(=O)N[C@@H](Cc1ccc(O)cc1)C(=O)N[C@@H](C)C(=O)O)[C@@H](C)CC. The number of nitrogens with two attached hydrogens (primary N) is 3. The Morgan fingerprint density at radius 3 is 1.63 bits per heavy atom. The second-order valence-corrected chi connectivity index (χ2v) is 23.0. The topological polar surface area (TPSA) is 451 Å². The number of aliphatic hydroxyl groups excluding tert-OH is 1. The number of fused-ring (bicyclic) bond motifs is 1. The van der Waals surface area contributed by atoms with Crippen LogP contribution in [0.5, 0.6) is 5.75 Å². The van der Waals surface area contributed by atoms with Gasteiger partial charge in [0.15, 0.2) is 0 Å². The molecule has 9 atom stereocenters. The average Bonchev–Trinajstić information content (AvgIpc) is 2.12. The summed E-state index contributed by atoms with van der Waals surface area (Å²) in [7, 11) is 0. The van der Waals surface area contributed by atoms with E-state index < -0.39 is 139 Å². The number of aromatic amines is 1. The summed E-state index contributed by atoms with van der Waals surface area (Å²) in [5.74, 6) is -10.4. The molecule has 0 radical (unpaired) electrons. The molecular formula is C63H99N13O14. The van der Waals surface area contributed by atoms with Crippen molar-refractivity contribution in [1.29, 1.82) is 0 Å². The first-order valence-electron chi connectivity index (χ1n) is 31.6. The number of phenolic OH excluding ortho intramolecular Hbond substituents is 1. The average molecular weight is 1260 g/mol. The van der Waals surface area contributed by atoms with Gasteiger partial charge >= 0.3 is 5.97 Å². The fourth-order valence-corrected chi connectivity index (χ4v) is 9.91. The van der Waals surface area contributed by atoms with Crippen molar-refractivity contribution in [1.82, 2.24) is 52.8 Å². The number of unbranched alkanes of at least 4 members (excludes halogenated alkanes) is 10. The first kappa shape index (κ1) is 76.1. The quantitative estimate of drug-likeness (QED) is 0.0354. The van der Waals surface area contributed by atoms with Crippen LogP contribution >= 0.6 is 0 Å².